The van der Waals surface area contributed by atoms with E-state index in [1.807, 2.05) is 6.92 Å². The summed E-state index contributed by atoms with van der Waals surface area (Å²) in [6.07, 6.45) is 2.39. The van der Waals surface area contributed by atoms with Gasteiger partial charge in [0.25, 0.3) is 0 Å². The molecule has 1 fully saturated rings. The van der Waals surface area contributed by atoms with Gasteiger partial charge in [-0.3, -0.25) is 0 Å². The smallest absolute Gasteiger partial charge is 0.0654 e. The Labute approximate surface area is 91.6 Å². The van der Waals surface area contributed by atoms with Crippen LogP contribution in [0.4, 0.5) is 0 Å². The third-order valence-corrected chi connectivity index (χ3v) is 3.08. The molecule has 1 saturated carbocycles. The van der Waals surface area contributed by atoms with Crippen molar-refractivity contribution in [2.24, 2.45) is 0 Å². The predicted octanol–water partition coefficient (Wildman–Crippen LogP) is 2.78. The lowest BCUT2D eigenvalue weighted by atomic mass is 9.76. The minimum Gasteiger partial charge on any atom is -0.302 e. The van der Waals surface area contributed by atoms with Gasteiger partial charge in [-0.1, -0.05) is 29.8 Å². The van der Waals surface area contributed by atoms with Crippen molar-refractivity contribution in [2.75, 3.05) is 6.61 Å². The second-order valence-electron chi connectivity index (χ2n) is 4.33. The topological polar surface area (TPSA) is 21.3 Å². The maximum atomic E-state index is 5.19. The normalized spacial score (nSPS) is 24.9. The SMILES string of the molecule is CCONC1CC(c2ccc(C)cc2)C1. The van der Waals surface area contributed by atoms with E-state index in [1.54, 1.807) is 0 Å². The van der Waals surface area contributed by atoms with E-state index in [2.05, 4.69) is 36.7 Å². The molecule has 0 radical (unpaired) electrons. The molecule has 2 nitrogen and oxygen atoms in total. The van der Waals surface area contributed by atoms with E-state index in [0.29, 0.717) is 6.04 Å². The van der Waals surface area contributed by atoms with E-state index in [0.717, 1.165) is 12.5 Å². The summed E-state index contributed by atoms with van der Waals surface area (Å²) in [6, 6.07) is 9.43. The quantitative estimate of drug-likeness (QED) is 0.763. The molecule has 0 bridgehead atoms. The van der Waals surface area contributed by atoms with E-state index in [4.69, 9.17) is 4.84 Å². The Morgan fingerprint density at radius 2 is 1.93 bits per heavy atom. The molecule has 1 aliphatic carbocycles. The molecule has 1 aliphatic rings. The van der Waals surface area contributed by atoms with Crippen LogP contribution in [0.1, 0.15) is 36.8 Å². The van der Waals surface area contributed by atoms with Gasteiger partial charge in [-0.2, -0.15) is 5.48 Å². The van der Waals surface area contributed by atoms with Gasteiger partial charge in [0, 0.05) is 6.04 Å². The Hall–Kier alpha value is -0.860. The third-order valence-electron chi connectivity index (χ3n) is 3.08. The van der Waals surface area contributed by atoms with Crippen molar-refractivity contribution in [1.82, 2.24) is 5.48 Å². The number of benzene rings is 1. The Morgan fingerprint density at radius 1 is 1.27 bits per heavy atom. The van der Waals surface area contributed by atoms with Crippen molar-refractivity contribution in [2.45, 2.75) is 38.6 Å². The van der Waals surface area contributed by atoms with E-state index in [1.165, 1.54) is 24.0 Å². The second-order valence-corrected chi connectivity index (χ2v) is 4.33. The molecule has 0 amide bonds. The molecule has 2 heteroatoms. The minimum absolute atomic E-state index is 0.552. The Bertz CT molecular complexity index is 301. The molecule has 0 aromatic heterocycles. The highest BCUT2D eigenvalue weighted by Crippen LogP contribution is 2.36. The molecule has 82 valence electrons. The van der Waals surface area contributed by atoms with Crippen LogP contribution in [-0.4, -0.2) is 12.6 Å². The van der Waals surface area contributed by atoms with Gasteiger partial charge in [0.15, 0.2) is 0 Å². The van der Waals surface area contributed by atoms with Gasteiger partial charge in [0.05, 0.1) is 6.61 Å². The molecular formula is C13H19NO. The molecular weight excluding hydrogens is 186 g/mol. The Morgan fingerprint density at radius 3 is 2.53 bits per heavy atom. The number of hydrogen-bond acceptors (Lipinski definition) is 2. The average Bonchev–Trinajstić information content (AvgIpc) is 2.18. The fourth-order valence-corrected chi connectivity index (χ4v) is 2.03. The van der Waals surface area contributed by atoms with Gasteiger partial charge in [-0.25, -0.2) is 0 Å². The number of nitrogens with one attached hydrogen (secondary N) is 1. The van der Waals surface area contributed by atoms with Crippen LogP contribution in [0.5, 0.6) is 0 Å². The molecule has 0 unspecified atom stereocenters. The monoisotopic (exact) mass is 205 g/mol. The lowest BCUT2D eigenvalue weighted by molar-refractivity contribution is -0.00157. The number of rotatable bonds is 4. The van der Waals surface area contributed by atoms with Crippen LogP contribution in [0.15, 0.2) is 24.3 Å². The number of hydrogen-bond donors (Lipinski definition) is 1. The van der Waals surface area contributed by atoms with Crippen LogP contribution in [-0.2, 0) is 4.84 Å². The van der Waals surface area contributed by atoms with E-state index in [9.17, 15) is 0 Å². The maximum absolute atomic E-state index is 5.19. The largest absolute Gasteiger partial charge is 0.302 e. The molecule has 0 aliphatic heterocycles. The van der Waals surface area contributed by atoms with E-state index >= 15 is 0 Å². The van der Waals surface area contributed by atoms with Gasteiger partial charge < -0.3 is 4.84 Å². The summed E-state index contributed by atoms with van der Waals surface area (Å²) >= 11 is 0. The molecule has 0 heterocycles. The summed E-state index contributed by atoms with van der Waals surface area (Å²) in [6.45, 7) is 4.87. The highest BCUT2D eigenvalue weighted by Gasteiger charge is 2.30. The zero-order valence-corrected chi connectivity index (χ0v) is 9.49. The Balaban J connectivity index is 1.81. The highest BCUT2D eigenvalue weighted by molar-refractivity contribution is 5.26. The van der Waals surface area contributed by atoms with Crippen molar-refractivity contribution in [1.29, 1.82) is 0 Å². The van der Waals surface area contributed by atoms with Crippen LogP contribution in [0, 0.1) is 6.92 Å². The molecule has 0 spiro atoms. The van der Waals surface area contributed by atoms with E-state index in [-0.39, 0.29) is 0 Å². The molecule has 1 aromatic carbocycles. The van der Waals surface area contributed by atoms with Crippen molar-refractivity contribution in [3.05, 3.63) is 35.4 Å². The number of aryl methyl sites for hydroxylation is 1. The molecule has 1 N–H and O–H groups in total. The van der Waals surface area contributed by atoms with Crippen LogP contribution < -0.4 is 5.48 Å². The molecule has 0 atom stereocenters. The first kappa shape index (κ1) is 10.7. The summed E-state index contributed by atoms with van der Waals surface area (Å²) < 4.78 is 0. The van der Waals surface area contributed by atoms with Gasteiger partial charge in [-0.05, 0) is 38.2 Å². The van der Waals surface area contributed by atoms with Gasteiger partial charge in [0.1, 0.15) is 0 Å². The number of hydroxylamine groups is 1. The van der Waals surface area contributed by atoms with Crippen LogP contribution in [0.2, 0.25) is 0 Å². The van der Waals surface area contributed by atoms with Gasteiger partial charge >= 0.3 is 0 Å². The summed E-state index contributed by atoms with van der Waals surface area (Å²) in [4.78, 5) is 5.19. The average molecular weight is 205 g/mol. The molecule has 2 rings (SSSR count). The molecule has 1 aromatic rings. The lowest BCUT2D eigenvalue weighted by Gasteiger charge is -2.35. The highest BCUT2D eigenvalue weighted by atomic mass is 16.6. The first-order valence-electron chi connectivity index (χ1n) is 5.73. The maximum Gasteiger partial charge on any atom is 0.0654 e. The van der Waals surface area contributed by atoms with Crippen molar-refractivity contribution < 1.29 is 4.84 Å². The summed E-state index contributed by atoms with van der Waals surface area (Å²) in [7, 11) is 0. The zero-order valence-electron chi connectivity index (χ0n) is 9.49. The predicted molar refractivity (Wildman–Crippen MR) is 61.7 cm³/mol. The van der Waals surface area contributed by atoms with Crippen molar-refractivity contribution in [3.8, 4) is 0 Å². The van der Waals surface area contributed by atoms with Crippen LogP contribution in [0.3, 0.4) is 0 Å². The molecule has 15 heavy (non-hydrogen) atoms. The van der Waals surface area contributed by atoms with Crippen LogP contribution in [0.25, 0.3) is 0 Å². The minimum atomic E-state index is 0.552. The van der Waals surface area contributed by atoms with Gasteiger partial charge in [-0.15, -0.1) is 0 Å². The summed E-state index contributed by atoms with van der Waals surface area (Å²) in [5, 5.41) is 0. The van der Waals surface area contributed by atoms with Crippen LogP contribution >= 0.6 is 0 Å². The standard InChI is InChI=1S/C13H19NO/c1-3-15-14-13-8-12(9-13)11-6-4-10(2)5-7-11/h4-7,12-14H,3,8-9H2,1-2H3. The molecule has 0 saturated heterocycles. The second kappa shape index (κ2) is 4.77. The lowest BCUT2D eigenvalue weighted by Crippen LogP contribution is -2.39. The fraction of sp³-hybridized carbons (Fsp3) is 0.538. The van der Waals surface area contributed by atoms with Gasteiger partial charge in [0.2, 0.25) is 0 Å². The first-order chi connectivity index (χ1) is 7.29. The zero-order chi connectivity index (χ0) is 10.7. The van der Waals surface area contributed by atoms with Crippen molar-refractivity contribution in [3.63, 3.8) is 0 Å². The third kappa shape index (κ3) is 2.58. The summed E-state index contributed by atoms with van der Waals surface area (Å²) in [5.41, 5.74) is 5.88. The summed E-state index contributed by atoms with van der Waals surface area (Å²) in [5.74, 6) is 0.726. The van der Waals surface area contributed by atoms with E-state index < -0.39 is 0 Å². The Kier molecular flexibility index (Phi) is 3.39. The first-order valence-corrected chi connectivity index (χ1v) is 5.73. The fourth-order valence-electron chi connectivity index (χ4n) is 2.03. The van der Waals surface area contributed by atoms with Crippen molar-refractivity contribution >= 4 is 0 Å².